The van der Waals surface area contributed by atoms with Gasteiger partial charge in [0.25, 0.3) is 5.91 Å². The second kappa shape index (κ2) is 6.26. The van der Waals surface area contributed by atoms with E-state index >= 15 is 0 Å². The van der Waals surface area contributed by atoms with E-state index in [1.165, 1.54) is 6.20 Å². The fourth-order valence-corrected chi connectivity index (χ4v) is 2.00. The van der Waals surface area contributed by atoms with Crippen LogP contribution in [0.3, 0.4) is 0 Å². The van der Waals surface area contributed by atoms with Crippen molar-refractivity contribution in [1.82, 2.24) is 10.4 Å². The smallest absolute Gasteiger partial charge is 0.272 e. The van der Waals surface area contributed by atoms with E-state index in [0.29, 0.717) is 29.4 Å². The van der Waals surface area contributed by atoms with E-state index in [9.17, 15) is 4.79 Å². The molecule has 1 aromatic heterocycles. The SMILES string of the molecule is C/C(=N\NC(=O)c1cccnc1)C1COc2ccccc2O1. The first-order valence-electron chi connectivity index (χ1n) is 6.87. The number of hydrogen-bond acceptors (Lipinski definition) is 5. The Morgan fingerprint density at radius 2 is 2.09 bits per heavy atom. The zero-order valence-electron chi connectivity index (χ0n) is 12.0. The second-order valence-electron chi connectivity index (χ2n) is 4.80. The van der Waals surface area contributed by atoms with E-state index in [1.54, 1.807) is 25.3 Å². The minimum absolute atomic E-state index is 0.315. The van der Waals surface area contributed by atoms with Crippen LogP contribution >= 0.6 is 0 Å². The Balaban J connectivity index is 1.65. The minimum atomic E-state index is -0.330. The molecular formula is C16H15N3O3. The van der Waals surface area contributed by atoms with Gasteiger partial charge < -0.3 is 9.47 Å². The van der Waals surface area contributed by atoms with E-state index in [0.717, 1.165) is 0 Å². The van der Waals surface area contributed by atoms with Crippen LogP contribution in [0.15, 0.2) is 53.9 Å². The topological polar surface area (TPSA) is 72.8 Å². The lowest BCUT2D eigenvalue weighted by atomic mass is 10.2. The summed E-state index contributed by atoms with van der Waals surface area (Å²) in [7, 11) is 0. The van der Waals surface area contributed by atoms with Gasteiger partial charge in [0.2, 0.25) is 0 Å². The van der Waals surface area contributed by atoms with Crippen LogP contribution in [0.4, 0.5) is 0 Å². The second-order valence-corrected chi connectivity index (χ2v) is 4.80. The molecule has 3 rings (SSSR count). The van der Waals surface area contributed by atoms with Gasteiger partial charge in [-0.15, -0.1) is 0 Å². The van der Waals surface area contributed by atoms with Crippen LogP contribution in [0.1, 0.15) is 17.3 Å². The molecule has 1 aliphatic rings. The summed E-state index contributed by atoms with van der Waals surface area (Å²) in [5.74, 6) is 1.07. The summed E-state index contributed by atoms with van der Waals surface area (Å²) >= 11 is 0. The summed E-state index contributed by atoms with van der Waals surface area (Å²) in [5.41, 5.74) is 3.57. The lowest BCUT2D eigenvalue weighted by Crippen LogP contribution is -2.36. The van der Waals surface area contributed by atoms with Gasteiger partial charge in [0.05, 0.1) is 11.3 Å². The zero-order valence-corrected chi connectivity index (χ0v) is 12.0. The number of aromatic nitrogens is 1. The maximum atomic E-state index is 11.9. The molecule has 0 fully saturated rings. The fraction of sp³-hybridized carbons (Fsp3) is 0.188. The molecule has 0 radical (unpaired) electrons. The predicted octanol–water partition coefficient (Wildman–Crippen LogP) is 2.03. The Hall–Kier alpha value is -2.89. The first-order valence-corrected chi connectivity index (χ1v) is 6.87. The van der Waals surface area contributed by atoms with Crippen molar-refractivity contribution in [3.63, 3.8) is 0 Å². The van der Waals surface area contributed by atoms with E-state index in [2.05, 4.69) is 15.5 Å². The summed E-state index contributed by atoms with van der Waals surface area (Å²) in [6.45, 7) is 2.14. The molecule has 1 atom stereocenters. The highest BCUT2D eigenvalue weighted by Crippen LogP contribution is 2.31. The van der Waals surface area contributed by atoms with Gasteiger partial charge in [-0.25, -0.2) is 5.43 Å². The number of nitrogens with one attached hydrogen (secondary N) is 1. The number of hydrazone groups is 1. The summed E-state index contributed by atoms with van der Waals surface area (Å²) in [4.78, 5) is 15.8. The molecular weight excluding hydrogens is 282 g/mol. The van der Waals surface area contributed by atoms with E-state index < -0.39 is 0 Å². The van der Waals surface area contributed by atoms with Crippen molar-refractivity contribution < 1.29 is 14.3 Å². The van der Waals surface area contributed by atoms with Gasteiger partial charge >= 0.3 is 0 Å². The maximum Gasteiger partial charge on any atom is 0.272 e. The number of fused-ring (bicyclic) bond motifs is 1. The number of nitrogens with zero attached hydrogens (tertiary/aromatic N) is 2. The molecule has 112 valence electrons. The number of carbonyl (C=O) groups is 1. The predicted molar refractivity (Wildman–Crippen MR) is 81.2 cm³/mol. The maximum absolute atomic E-state index is 11.9. The number of hydrogen-bond donors (Lipinski definition) is 1. The molecule has 0 saturated heterocycles. The first-order chi connectivity index (χ1) is 10.7. The fourth-order valence-electron chi connectivity index (χ4n) is 2.00. The van der Waals surface area contributed by atoms with Crippen molar-refractivity contribution in [3.05, 3.63) is 54.4 Å². The monoisotopic (exact) mass is 297 g/mol. The normalized spacial score (nSPS) is 17.0. The highest BCUT2D eigenvalue weighted by molar-refractivity contribution is 5.95. The summed E-state index contributed by atoms with van der Waals surface area (Å²) in [6, 6.07) is 10.8. The van der Waals surface area contributed by atoms with Gasteiger partial charge in [-0.1, -0.05) is 12.1 Å². The minimum Gasteiger partial charge on any atom is -0.485 e. The van der Waals surface area contributed by atoms with Crippen LogP contribution in [-0.2, 0) is 0 Å². The first kappa shape index (κ1) is 14.1. The molecule has 1 amide bonds. The van der Waals surface area contributed by atoms with Crippen LogP contribution in [0.2, 0.25) is 0 Å². The average molecular weight is 297 g/mol. The van der Waals surface area contributed by atoms with Gasteiger partial charge in [0, 0.05) is 12.4 Å². The molecule has 0 bridgehead atoms. The van der Waals surface area contributed by atoms with E-state index in [-0.39, 0.29) is 12.0 Å². The Kier molecular flexibility index (Phi) is 4.00. The number of benzene rings is 1. The summed E-state index contributed by atoms with van der Waals surface area (Å²) in [6.07, 6.45) is 2.76. The number of para-hydroxylation sites is 2. The van der Waals surface area contributed by atoms with Crippen LogP contribution in [-0.4, -0.2) is 29.3 Å². The number of ether oxygens (including phenoxy) is 2. The number of amides is 1. The summed E-state index contributed by atoms with van der Waals surface area (Å²) in [5, 5.41) is 4.08. The highest BCUT2D eigenvalue weighted by Gasteiger charge is 2.23. The molecule has 6 heteroatoms. The third kappa shape index (κ3) is 3.06. The number of rotatable bonds is 3. The van der Waals surface area contributed by atoms with Gasteiger partial charge in [-0.3, -0.25) is 9.78 Å². The lowest BCUT2D eigenvalue weighted by Gasteiger charge is -2.26. The van der Waals surface area contributed by atoms with Crippen molar-refractivity contribution >= 4 is 11.6 Å². The van der Waals surface area contributed by atoms with Gasteiger partial charge in [0.1, 0.15) is 6.61 Å². The molecule has 1 aliphatic heterocycles. The van der Waals surface area contributed by atoms with E-state index in [4.69, 9.17) is 9.47 Å². The molecule has 0 spiro atoms. The molecule has 2 aromatic rings. The van der Waals surface area contributed by atoms with Crippen LogP contribution < -0.4 is 14.9 Å². The molecule has 22 heavy (non-hydrogen) atoms. The molecule has 6 nitrogen and oxygen atoms in total. The Bertz CT molecular complexity index is 701. The zero-order chi connectivity index (χ0) is 15.4. The van der Waals surface area contributed by atoms with Crippen molar-refractivity contribution in [2.24, 2.45) is 5.10 Å². The average Bonchev–Trinajstić information content (AvgIpc) is 2.59. The van der Waals surface area contributed by atoms with Crippen LogP contribution in [0, 0.1) is 0 Å². The van der Waals surface area contributed by atoms with Crippen molar-refractivity contribution in [1.29, 1.82) is 0 Å². The molecule has 0 aliphatic carbocycles. The molecule has 0 saturated carbocycles. The largest absolute Gasteiger partial charge is 0.485 e. The molecule has 1 unspecified atom stereocenters. The van der Waals surface area contributed by atoms with Gasteiger partial charge in [-0.05, 0) is 31.2 Å². The quantitative estimate of drug-likeness (QED) is 0.695. The molecule has 2 heterocycles. The van der Waals surface area contributed by atoms with Crippen molar-refractivity contribution in [3.8, 4) is 11.5 Å². The Labute approximate surface area is 127 Å². The third-order valence-electron chi connectivity index (χ3n) is 3.23. The van der Waals surface area contributed by atoms with Crippen molar-refractivity contribution in [2.45, 2.75) is 13.0 Å². The standard InChI is InChI=1S/C16H15N3O3/c1-11(18-19-16(20)12-5-4-8-17-9-12)15-10-21-13-6-2-3-7-14(13)22-15/h2-9,15H,10H2,1H3,(H,19,20)/b18-11+. The Morgan fingerprint density at radius 3 is 2.86 bits per heavy atom. The molecule has 1 N–H and O–H groups in total. The van der Waals surface area contributed by atoms with E-state index in [1.807, 2.05) is 24.3 Å². The third-order valence-corrected chi connectivity index (χ3v) is 3.23. The van der Waals surface area contributed by atoms with Gasteiger partial charge in [-0.2, -0.15) is 5.10 Å². The number of pyridine rings is 1. The van der Waals surface area contributed by atoms with Crippen molar-refractivity contribution in [2.75, 3.05) is 6.61 Å². The molecule has 1 aromatic carbocycles. The van der Waals surface area contributed by atoms with Crippen LogP contribution in [0.25, 0.3) is 0 Å². The lowest BCUT2D eigenvalue weighted by molar-refractivity contribution is 0.0952. The van der Waals surface area contributed by atoms with Crippen LogP contribution in [0.5, 0.6) is 11.5 Å². The Morgan fingerprint density at radius 1 is 1.27 bits per heavy atom. The highest BCUT2D eigenvalue weighted by atomic mass is 16.6. The summed E-state index contributed by atoms with van der Waals surface area (Å²) < 4.78 is 11.4. The number of carbonyl (C=O) groups excluding carboxylic acids is 1. The van der Waals surface area contributed by atoms with Gasteiger partial charge in [0.15, 0.2) is 17.6 Å².